The van der Waals surface area contributed by atoms with Gasteiger partial charge in [-0.2, -0.15) is 11.8 Å². The highest BCUT2D eigenvalue weighted by Crippen LogP contribution is 2.31. The standard InChI is InChI=1S/C13H23NO2S/c1-10-2-5-13(16,6-3-10)9-14-12(15)11-4-7-17-8-11/h10-11,16H,2-9H2,1H3,(H,14,15). The summed E-state index contributed by atoms with van der Waals surface area (Å²) in [5, 5.41) is 13.3. The first-order valence-electron chi connectivity index (χ1n) is 6.67. The van der Waals surface area contributed by atoms with Gasteiger partial charge in [-0.3, -0.25) is 4.79 Å². The molecule has 2 rings (SSSR count). The molecule has 1 unspecified atom stereocenters. The predicted molar refractivity (Wildman–Crippen MR) is 71.0 cm³/mol. The van der Waals surface area contributed by atoms with E-state index in [1.165, 1.54) is 0 Å². The average Bonchev–Trinajstić information content (AvgIpc) is 2.84. The van der Waals surface area contributed by atoms with Gasteiger partial charge in [-0.15, -0.1) is 0 Å². The molecule has 1 saturated heterocycles. The third kappa shape index (κ3) is 3.62. The third-order valence-electron chi connectivity index (χ3n) is 4.10. The first-order valence-corrected chi connectivity index (χ1v) is 7.82. The minimum atomic E-state index is -0.645. The summed E-state index contributed by atoms with van der Waals surface area (Å²) in [6.07, 6.45) is 4.80. The van der Waals surface area contributed by atoms with E-state index in [2.05, 4.69) is 12.2 Å². The molecule has 0 spiro atoms. The van der Waals surface area contributed by atoms with Crippen LogP contribution in [0.3, 0.4) is 0 Å². The molecule has 0 aromatic carbocycles. The fourth-order valence-corrected chi connectivity index (χ4v) is 3.83. The highest BCUT2D eigenvalue weighted by atomic mass is 32.2. The second-order valence-electron chi connectivity index (χ2n) is 5.69. The van der Waals surface area contributed by atoms with Gasteiger partial charge in [-0.25, -0.2) is 0 Å². The molecule has 0 aromatic rings. The van der Waals surface area contributed by atoms with E-state index in [0.29, 0.717) is 6.54 Å². The van der Waals surface area contributed by atoms with Crippen molar-refractivity contribution in [2.45, 2.75) is 44.6 Å². The molecule has 2 aliphatic rings. The zero-order valence-corrected chi connectivity index (χ0v) is 11.4. The van der Waals surface area contributed by atoms with E-state index in [4.69, 9.17) is 0 Å². The Morgan fingerprint density at radius 3 is 2.71 bits per heavy atom. The van der Waals surface area contributed by atoms with Crippen LogP contribution in [-0.4, -0.2) is 34.7 Å². The zero-order valence-electron chi connectivity index (χ0n) is 10.6. The van der Waals surface area contributed by atoms with Crippen LogP contribution >= 0.6 is 11.8 Å². The second-order valence-corrected chi connectivity index (χ2v) is 6.84. The molecule has 0 radical (unpaired) electrons. The molecule has 2 fully saturated rings. The maximum absolute atomic E-state index is 11.9. The molecule has 0 aromatic heterocycles. The molecule has 1 amide bonds. The van der Waals surface area contributed by atoms with E-state index < -0.39 is 5.60 Å². The first-order chi connectivity index (χ1) is 8.09. The summed E-state index contributed by atoms with van der Waals surface area (Å²) >= 11 is 1.85. The van der Waals surface area contributed by atoms with Crippen molar-refractivity contribution in [1.29, 1.82) is 0 Å². The van der Waals surface area contributed by atoms with Gasteiger partial charge in [-0.05, 0) is 43.8 Å². The van der Waals surface area contributed by atoms with Crippen LogP contribution in [0.4, 0.5) is 0 Å². The summed E-state index contributed by atoms with van der Waals surface area (Å²) in [6.45, 7) is 2.67. The van der Waals surface area contributed by atoms with Crippen LogP contribution < -0.4 is 5.32 Å². The van der Waals surface area contributed by atoms with E-state index in [0.717, 1.165) is 49.5 Å². The summed E-state index contributed by atoms with van der Waals surface area (Å²) in [6, 6.07) is 0. The predicted octanol–water partition coefficient (Wildman–Crippen LogP) is 1.80. The summed E-state index contributed by atoms with van der Waals surface area (Å²) in [5.74, 6) is 3.08. The summed E-state index contributed by atoms with van der Waals surface area (Å²) in [5.41, 5.74) is -0.645. The van der Waals surface area contributed by atoms with Crippen molar-refractivity contribution < 1.29 is 9.90 Å². The van der Waals surface area contributed by atoms with Crippen LogP contribution in [0.1, 0.15) is 39.0 Å². The topological polar surface area (TPSA) is 49.3 Å². The minimum absolute atomic E-state index is 0.141. The van der Waals surface area contributed by atoms with Crippen molar-refractivity contribution in [3.05, 3.63) is 0 Å². The maximum Gasteiger partial charge on any atom is 0.224 e. The quantitative estimate of drug-likeness (QED) is 0.810. The summed E-state index contributed by atoms with van der Waals surface area (Å²) in [7, 11) is 0. The number of rotatable bonds is 3. The molecule has 0 bridgehead atoms. The van der Waals surface area contributed by atoms with Crippen molar-refractivity contribution >= 4 is 17.7 Å². The fourth-order valence-electron chi connectivity index (χ4n) is 2.61. The van der Waals surface area contributed by atoms with E-state index in [1.807, 2.05) is 11.8 Å². The third-order valence-corrected chi connectivity index (χ3v) is 5.26. The Morgan fingerprint density at radius 1 is 1.41 bits per heavy atom. The normalized spacial score (nSPS) is 38.0. The molecular formula is C13H23NO2S. The average molecular weight is 257 g/mol. The van der Waals surface area contributed by atoms with Crippen molar-refractivity contribution in [2.75, 3.05) is 18.1 Å². The Kier molecular flexibility index (Phi) is 4.36. The van der Waals surface area contributed by atoms with Gasteiger partial charge in [0.25, 0.3) is 0 Å². The van der Waals surface area contributed by atoms with Gasteiger partial charge < -0.3 is 10.4 Å². The number of hydrogen-bond donors (Lipinski definition) is 2. The first kappa shape index (κ1) is 13.2. The van der Waals surface area contributed by atoms with E-state index in [-0.39, 0.29) is 11.8 Å². The summed E-state index contributed by atoms with van der Waals surface area (Å²) < 4.78 is 0. The van der Waals surface area contributed by atoms with Crippen LogP contribution in [0.2, 0.25) is 0 Å². The highest BCUT2D eigenvalue weighted by Gasteiger charge is 2.33. The molecule has 1 aliphatic carbocycles. The lowest BCUT2D eigenvalue weighted by atomic mass is 9.79. The van der Waals surface area contributed by atoms with Crippen LogP contribution in [0, 0.1) is 11.8 Å². The lowest BCUT2D eigenvalue weighted by molar-refractivity contribution is -0.126. The van der Waals surface area contributed by atoms with Gasteiger partial charge in [-0.1, -0.05) is 6.92 Å². The van der Waals surface area contributed by atoms with Gasteiger partial charge in [0.2, 0.25) is 5.91 Å². The Balaban J connectivity index is 1.75. The Bertz CT molecular complexity index is 269. The SMILES string of the molecule is CC1CCC(O)(CNC(=O)C2CCSC2)CC1. The summed E-state index contributed by atoms with van der Waals surface area (Å²) in [4.78, 5) is 11.9. The number of aliphatic hydroxyl groups is 1. The number of carbonyl (C=O) groups is 1. The number of nitrogens with one attached hydrogen (secondary N) is 1. The molecule has 1 heterocycles. The largest absolute Gasteiger partial charge is 0.388 e. The van der Waals surface area contributed by atoms with Crippen molar-refractivity contribution in [1.82, 2.24) is 5.32 Å². The smallest absolute Gasteiger partial charge is 0.224 e. The lowest BCUT2D eigenvalue weighted by Gasteiger charge is -2.35. The molecule has 1 atom stereocenters. The molecular weight excluding hydrogens is 234 g/mol. The Hall–Kier alpha value is -0.220. The molecule has 17 heavy (non-hydrogen) atoms. The number of thioether (sulfide) groups is 1. The maximum atomic E-state index is 11.9. The van der Waals surface area contributed by atoms with Crippen LogP contribution in [0.15, 0.2) is 0 Å². The molecule has 4 heteroatoms. The monoisotopic (exact) mass is 257 g/mol. The van der Waals surface area contributed by atoms with Crippen LogP contribution in [-0.2, 0) is 4.79 Å². The van der Waals surface area contributed by atoms with Gasteiger partial charge in [0, 0.05) is 18.2 Å². The van der Waals surface area contributed by atoms with Crippen molar-refractivity contribution in [3.63, 3.8) is 0 Å². The van der Waals surface area contributed by atoms with Gasteiger partial charge in [0.15, 0.2) is 0 Å². The van der Waals surface area contributed by atoms with Crippen molar-refractivity contribution in [3.8, 4) is 0 Å². The number of amides is 1. The Morgan fingerprint density at radius 2 is 2.12 bits per heavy atom. The number of carbonyl (C=O) groups excluding carboxylic acids is 1. The molecule has 1 aliphatic heterocycles. The highest BCUT2D eigenvalue weighted by molar-refractivity contribution is 7.99. The van der Waals surface area contributed by atoms with E-state index in [9.17, 15) is 9.90 Å². The molecule has 98 valence electrons. The number of hydrogen-bond acceptors (Lipinski definition) is 3. The van der Waals surface area contributed by atoms with Gasteiger partial charge in [0.1, 0.15) is 0 Å². The van der Waals surface area contributed by atoms with E-state index in [1.54, 1.807) is 0 Å². The second kappa shape index (κ2) is 5.61. The van der Waals surface area contributed by atoms with E-state index >= 15 is 0 Å². The fraction of sp³-hybridized carbons (Fsp3) is 0.923. The van der Waals surface area contributed by atoms with Crippen molar-refractivity contribution in [2.24, 2.45) is 11.8 Å². The molecule has 2 N–H and O–H groups in total. The van der Waals surface area contributed by atoms with Gasteiger partial charge in [0.05, 0.1) is 5.60 Å². The lowest BCUT2D eigenvalue weighted by Crippen LogP contribution is -2.46. The molecule has 3 nitrogen and oxygen atoms in total. The van der Waals surface area contributed by atoms with Gasteiger partial charge >= 0.3 is 0 Å². The van der Waals surface area contributed by atoms with Crippen LogP contribution in [0.5, 0.6) is 0 Å². The molecule has 1 saturated carbocycles. The minimum Gasteiger partial charge on any atom is -0.388 e. The zero-order chi connectivity index (χ0) is 12.3. The Labute approximate surface area is 108 Å². The van der Waals surface area contributed by atoms with Crippen LogP contribution in [0.25, 0.3) is 0 Å².